The molecule has 0 aliphatic heterocycles. The van der Waals surface area contributed by atoms with Crippen LogP contribution in [0.5, 0.6) is 5.88 Å². The van der Waals surface area contributed by atoms with Gasteiger partial charge < -0.3 is 10.1 Å². The quantitative estimate of drug-likeness (QED) is 0.761. The molecule has 3 rings (SSSR count). The molecule has 1 saturated carbocycles. The van der Waals surface area contributed by atoms with E-state index in [4.69, 9.17) is 0 Å². The zero-order chi connectivity index (χ0) is 14.8. The van der Waals surface area contributed by atoms with E-state index in [1.165, 1.54) is 6.42 Å². The molecular weight excluding hydrogens is 334 g/mol. The van der Waals surface area contributed by atoms with Crippen LogP contribution in [0.25, 0.3) is 10.9 Å². The number of H-pyrrole nitrogens is 1. The van der Waals surface area contributed by atoms with Gasteiger partial charge in [-0.2, -0.15) is 0 Å². The molecule has 1 fully saturated rings. The summed E-state index contributed by atoms with van der Waals surface area (Å²) in [5, 5.41) is 18.5. The fraction of sp³-hybridized carbons (Fsp3) is 0.400. The highest BCUT2D eigenvalue weighted by Crippen LogP contribution is 2.37. The van der Waals surface area contributed by atoms with Gasteiger partial charge in [0.05, 0.1) is 5.52 Å². The molecule has 0 bridgehead atoms. The number of benzene rings is 1. The molecule has 0 atom stereocenters. The molecule has 2 N–H and O–H groups in total. The maximum Gasteiger partial charge on any atom is 0.267 e. The van der Waals surface area contributed by atoms with Gasteiger partial charge in [-0.25, -0.2) is 0 Å². The number of aromatic hydroxyl groups is 1. The van der Waals surface area contributed by atoms with Crippen molar-refractivity contribution < 1.29 is 9.90 Å². The van der Waals surface area contributed by atoms with E-state index >= 15 is 0 Å². The molecule has 1 amide bonds. The molecule has 2 aromatic rings. The number of nitrogens with one attached hydrogen (secondary N) is 1. The molecule has 1 aromatic heterocycles. The van der Waals surface area contributed by atoms with Crippen molar-refractivity contribution in [2.24, 2.45) is 16.1 Å². The topological polar surface area (TPSA) is 77.8 Å². The Balaban J connectivity index is 1.86. The lowest BCUT2D eigenvalue weighted by Gasteiger charge is -2.17. The molecular formula is C15H16BrN3O2. The summed E-state index contributed by atoms with van der Waals surface area (Å²) in [5.74, 6) is -0.261. The maximum absolute atomic E-state index is 12.0. The summed E-state index contributed by atoms with van der Waals surface area (Å²) in [7, 11) is 0. The van der Waals surface area contributed by atoms with Crippen LogP contribution in [-0.4, -0.2) is 16.0 Å². The molecule has 110 valence electrons. The first kappa shape index (κ1) is 14.3. The highest BCUT2D eigenvalue weighted by molar-refractivity contribution is 9.10. The van der Waals surface area contributed by atoms with Crippen LogP contribution in [0.15, 0.2) is 32.9 Å². The second-order valence-corrected chi connectivity index (χ2v) is 6.30. The van der Waals surface area contributed by atoms with Gasteiger partial charge in [0.1, 0.15) is 0 Å². The van der Waals surface area contributed by atoms with Gasteiger partial charge in [0.25, 0.3) is 5.91 Å². The van der Waals surface area contributed by atoms with E-state index in [9.17, 15) is 9.90 Å². The van der Waals surface area contributed by atoms with Gasteiger partial charge in [0.2, 0.25) is 5.88 Å². The van der Waals surface area contributed by atoms with Crippen LogP contribution >= 0.6 is 15.9 Å². The van der Waals surface area contributed by atoms with Crippen LogP contribution < -0.4 is 0 Å². The molecule has 1 heterocycles. The molecule has 1 aliphatic rings. The molecule has 1 aromatic carbocycles. The third-order valence-corrected chi connectivity index (χ3v) is 4.41. The predicted molar refractivity (Wildman–Crippen MR) is 83.8 cm³/mol. The van der Waals surface area contributed by atoms with Gasteiger partial charge in [0, 0.05) is 15.8 Å². The highest BCUT2D eigenvalue weighted by atomic mass is 79.9. The van der Waals surface area contributed by atoms with Gasteiger partial charge in [-0.1, -0.05) is 35.2 Å². The number of hydrogen-bond acceptors (Lipinski definition) is 3. The number of fused-ring (bicyclic) bond motifs is 1. The molecule has 1 aliphatic carbocycles. The lowest BCUT2D eigenvalue weighted by atomic mass is 9.89. The standard InChI is InChI=1S/C15H16BrN3O2/c16-10-6-7-12-11(8-10)13(15(21)17-12)18-19-14(20)9-4-2-1-3-5-9/h6-9,17,21H,1-5H2. The summed E-state index contributed by atoms with van der Waals surface area (Å²) >= 11 is 3.38. The third kappa shape index (κ3) is 3.00. The molecule has 0 spiro atoms. The van der Waals surface area contributed by atoms with Crippen molar-refractivity contribution in [2.75, 3.05) is 0 Å². The van der Waals surface area contributed by atoms with Crippen LogP contribution in [0.2, 0.25) is 0 Å². The van der Waals surface area contributed by atoms with E-state index in [0.29, 0.717) is 5.69 Å². The first-order valence-electron chi connectivity index (χ1n) is 7.11. The Hall–Kier alpha value is -1.69. The fourth-order valence-electron chi connectivity index (χ4n) is 2.77. The Labute approximate surface area is 130 Å². The van der Waals surface area contributed by atoms with E-state index in [1.54, 1.807) is 0 Å². The van der Waals surface area contributed by atoms with Crippen LogP contribution in [0.1, 0.15) is 32.1 Å². The molecule has 5 nitrogen and oxygen atoms in total. The minimum atomic E-state index is -0.182. The van der Waals surface area contributed by atoms with Crippen molar-refractivity contribution in [1.82, 2.24) is 4.98 Å². The van der Waals surface area contributed by atoms with Crippen molar-refractivity contribution in [3.63, 3.8) is 0 Å². The number of aromatic amines is 1. The highest BCUT2D eigenvalue weighted by Gasteiger charge is 2.21. The Morgan fingerprint density at radius 1 is 1.29 bits per heavy atom. The van der Waals surface area contributed by atoms with Gasteiger partial charge in [0.15, 0.2) is 5.69 Å². The van der Waals surface area contributed by atoms with Crippen LogP contribution in [0, 0.1) is 5.92 Å². The fourth-order valence-corrected chi connectivity index (χ4v) is 3.13. The summed E-state index contributed by atoms with van der Waals surface area (Å²) in [4.78, 5) is 14.9. The molecule has 21 heavy (non-hydrogen) atoms. The lowest BCUT2D eigenvalue weighted by molar-refractivity contribution is -0.122. The Morgan fingerprint density at radius 3 is 2.81 bits per heavy atom. The van der Waals surface area contributed by atoms with Crippen molar-refractivity contribution in [1.29, 1.82) is 0 Å². The molecule has 6 heteroatoms. The lowest BCUT2D eigenvalue weighted by Crippen LogP contribution is -2.15. The zero-order valence-electron chi connectivity index (χ0n) is 11.5. The number of amides is 1. The number of halogens is 1. The number of carbonyl (C=O) groups excluding carboxylic acids is 1. The van der Waals surface area contributed by atoms with Crippen LogP contribution in [0.4, 0.5) is 5.69 Å². The number of carbonyl (C=O) groups is 1. The minimum Gasteiger partial charge on any atom is -0.493 e. The van der Waals surface area contributed by atoms with Crippen LogP contribution in [0.3, 0.4) is 0 Å². The van der Waals surface area contributed by atoms with Crippen molar-refractivity contribution in [3.8, 4) is 5.88 Å². The average Bonchev–Trinajstić information content (AvgIpc) is 2.80. The minimum absolute atomic E-state index is 0.0124. The average molecular weight is 350 g/mol. The smallest absolute Gasteiger partial charge is 0.267 e. The van der Waals surface area contributed by atoms with E-state index in [1.807, 2.05) is 18.2 Å². The number of hydrogen-bond donors (Lipinski definition) is 2. The van der Waals surface area contributed by atoms with Gasteiger partial charge in [-0.15, -0.1) is 10.2 Å². The van der Waals surface area contributed by atoms with Crippen molar-refractivity contribution in [2.45, 2.75) is 32.1 Å². The second-order valence-electron chi connectivity index (χ2n) is 5.39. The number of azo groups is 1. The third-order valence-electron chi connectivity index (χ3n) is 3.92. The first-order valence-corrected chi connectivity index (χ1v) is 7.90. The monoisotopic (exact) mass is 349 g/mol. The Bertz CT molecular complexity index is 702. The van der Waals surface area contributed by atoms with Crippen molar-refractivity contribution in [3.05, 3.63) is 22.7 Å². The van der Waals surface area contributed by atoms with Crippen LogP contribution in [-0.2, 0) is 4.79 Å². The Morgan fingerprint density at radius 2 is 2.05 bits per heavy atom. The first-order chi connectivity index (χ1) is 10.1. The number of rotatable bonds is 2. The van der Waals surface area contributed by atoms with Gasteiger partial charge in [-0.3, -0.25) is 4.79 Å². The molecule has 0 radical (unpaired) electrons. The van der Waals surface area contributed by atoms with E-state index in [-0.39, 0.29) is 17.7 Å². The zero-order valence-corrected chi connectivity index (χ0v) is 13.1. The number of nitrogens with zero attached hydrogens (tertiary/aromatic N) is 2. The van der Waals surface area contributed by atoms with Gasteiger partial charge in [-0.05, 0) is 31.0 Å². The summed E-state index contributed by atoms with van der Waals surface area (Å²) in [6.45, 7) is 0. The SMILES string of the molecule is O=C(N=Nc1c(O)[nH]c2ccc(Br)cc12)C1CCCCC1. The predicted octanol–water partition coefficient (Wildman–Crippen LogP) is 4.83. The second kappa shape index (κ2) is 5.97. The summed E-state index contributed by atoms with van der Waals surface area (Å²) in [6.07, 6.45) is 5.14. The van der Waals surface area contributed by atoms with E-state index in [2.05, 4.69) is 31.1 Å². The Kier molecular flexibility index (Phi) is 4.05. The molecule has 0 unspecified atom stereocenters. The molecule has 0 saturated heterocycles. The number of aromatic nitrogens is 1. The van der Waals surface area contributed by atoms with E-state index < -0.39 is 0 Å². The van der Waals surface area contributed by atoms with E-state index in [0.717, 1.165) is 41.1 Å². The normalized spacial score (nSPS) is 16.8. The maximum atomic E-state index is 12.0. The van der Waals surface area contributed by atoms with Gasteiger partial charge >= 0.3 is 0 Å². The largest absolute Gasteiger partial charge is 0.493 e. The summed E-state index contributed by atoms with van der Waals surface area (Å²) in [5.41, 5.74) is 1.07. The summed E-state index contributed by atoms with van der Waals surface area (Å²) < 4.78 is 0.879. The summed E-state index contributed by atoms with van der Waals surface area (Å²) in [6, 6.07) is 5.54. The van der Waals surface area contributed by atoms with Crippen molar-refractivity contribution >= 4 is 38.4 Å².